The Bertz CT molecular complexity index is 1440. The maximum absolute atomic E-state index is 12.3. The maximum atomic E-state index is 12.3. The Kier molecular flexibility index (Phi) is 7.47. The molecule has 2 N–H and O–H groups in total. The molecule has 0 spiro atoms. The van der Waals surface area contributed by atoms with Gasteiger partial charge in [-0.25, -0.2) is 0 Å². The van der Waals surface area contributed by atoms with Gasteiger partial charge in [0.2, 0.25) is 11.8 Å². The van der Waals surface area contributed by atoms with Crippen LogP contribution in [0.3, 0.4) is 0 Å². The summed E-state index contributed by atoms with van der Waals surface area (Å²) in [6.45, 7) is 8.77. The minimum Gasteiger partial charge on any atom is -0.493 e. The third kappa shape index (κ3) is 5.13. The SMILES string of the molecule is CCn1c(O)c(N=NC(=O)CCCC(=O)N=Nc2c(O)n(CC)c3ccc(C)cc23)c2cc(C)ccc21. The summed E-state index contributed by atoms with van der Waals surface area (Å²) in [5.74, 6) is -1.10. The van der Waals surface area contributed by atoms with E-state index in [4.69, 9.17) is 0 Å². The first-order valence-electron chi connectivity index (χ1n) is 12.3. The van der Waals surface area contributed by atoms with Crippen LogP contribution in [0.1, 0.15) is 44.2 Å². The second kappa shape index (κ2) is 10.7. The largest absolute Gasteiger partial charge is 0.493 e. The number of benzene rings is 2. The van der Waals surface area contributed by atoms with Crippen molar-refractivity contribution < 1.29 is 19.8 Å². The van der Waals surface area contributed by atoms with E-state index >= 15 is 0 Å². The average Bonchev–Trinajstić information content (AvgIpc) is 3.29. The van der Waals surface area contributed by atoms with E-state index in [-0.39, 0.29) is 42.4 Å². The molecule has 2 aromatic carbocycles. The maximum Gasteiger partial charge on any atom is 0.264 e. The van der Waals surface area contributed by atoms with Crippen molar-refractivity contribution in [3.05, 3.63) is 47.5 Å². The Balaban J connectivity index is 1.39. The molecule has 0 saturated carbocycles. The van der Waals surface area contributed by atoms with E-state index in [1.165, 1.54) is 0 Å². The van der Waals surface area contributed by atoms with Gasteiger partial charge < -0.3 is 19.3 Å². The molecule has 0 aliphatic carbocycles. The number of azo groups is 2. The number of aryl methyl sites for hydroxylation is 4. The highest BCUT2D eigenvalue weighted by molar-refractivity contribution is 5.96. The number of rotatable bonds is 8. The van der Waals surface area contributed by atoms with E-state index in [9.17, 15) is 19.8 Å². The second-order valence-corrected chi connectivity index (χ2v) is 8.92. The molecular formula is C27H30N6O4. The number of aromatic hydroxyl groups is 2. The van der Waals surface area contributed by atoms with E-state index in [1.54, 1.807) is 9.13 Å². The molecule has 0 fully saturated rings. The van der Waals surface area contributed by atoms with Crippen LogP contribution in [0.15, 0.2) is 56.9 Å². The number of aromatic nitrogens is 2. The molecular weight excluding hydrogens is 472 g/mol. The van der Waals surface area contributed by atoms with Gasteiger partial charge in [-0.1, -0.05) is 23.3 Å². The van der Waals surface area contributed by atoms with Gasteiger partial charge >= 0.3 is 0 Å². The molecule has 0 radical (unpaired) electrons. The molecule has 4 rings (SSSR count). The third-order valence-corrected chi connectivity index (χ3v) is 6.27. The predicted molar refractivity (Wildman–Crippen MR) is 141 cm³/mol. The summed E-state index contributed by atoms with van der Waals surface area (Å²) in [5.41, 5.74) is 4.12. The van der Waals surface area contributed by atoms with E-state index in [1.807, 2.05) is 64.1 Å². The highest BCUT2D eigenvalue weighted by Gasteiger charge is 2.17. The molecule has 10 heteroatoms. The van der Waals surface area contributed by atoms with Crippen molar-refractivity contribution in [2.75, 3.05) is 0 Å². The zero-order valence-electron chi connectivity index (χ0n) is 21.4. The molecule has 0 unspecified atom stereocenters. The van der Waals surface area contributed by atoms with Crippen LogP contribution in [-0.4, -0.2) is 31.2 Å². The van der Waals surface area contributed by atoms with Crippen molar-refractivity contribution in [3.8, 4) is 11.8 Å². The number of fused-ring (bicyclic) bond motifs is 2. The van der Waals surface area contributed by atoms with Crippen LogP contribution in [0.25, 0.3) is 21.8 Å². The highest BCUT2D eigenvalue weighted by atomic mass is 16.3. The van der Waals surface area contributed by atoms with Crippen LogP contribution >= 0.6 is 0 Å². The topological polar surface area (TPSA) is 134 Å². The number of hydrogen-bond acceptors (Lipinski definition) is 6. The van der Waals surface area contributed by atoms with Crippen LogP contribution in [0.5, 0.6) is 11.8 Å². The Hall–Kier alpha value is -4.34. The lowest BCUT2D eigenvalue weighted by atomic mass is 10.1. The molecule has 0 bridgehead atoms. The average molecular weight is 503 g/mol. The minimum absolute atomic E-state index is 0.00342. The first-order valence-corrected chi connectivity index (χ1v) is 12.3. The summed E-state index contributed by atoms with van der Waals surface area (Å²) in [4.78, 5) is 24.6. The lowest BCUT2D eigenvalue weighted by Gasteiger charge is -2.01. The molecule has 0 aliphatic heterocycles. The normalized spacial score (nSPS) is 12.0. The lowest BCUT2D eigenvalue weighted by molar-refractivity contribution is -0.119. The van der Waals surface area contributed by atoms with Crippen molar-refractivity contribution in [1.82, 2.24) is 9.13 Å². The first kappa shape index (κ1) is 25.7. The smallest absolute Gasteiger partial charge is 0.264 e. The third-order valence-electron chi connectivity index (χ3n) is 6.27. The standard InChI is InChI=1S/C27H30N6O4/c1-5-32-20-12-10-16(3)14-18(20)24(26(32)36)30-28-22(34)8-7-9-23(35)29-31-25-19-15-17(4)11-13-21(19)33(6-2)27(25)37/h10-15,36-37H,5-9H2,1-4H3. The van der Waals surface area contributed by atoms with Gasteiger partial charge in [0.05, 0.1) is 11.0 Å². The van der Waals surface area contributed by atoms with Crippen molar-refractivity contribution in [3.63, 3.8) is 0 Å². The van der Waals surface area contributed by atoms with Gasteiger partial charge in [-0.2, -0.15) is 0 Å². The van der Waals surface area contributed by atoms with Gasteiger partial charge in [0.25, 0.3) is 11.8 Å². The quantitative estimate of drug-likeness (QED) is 0.258. The van der Waals surface area contributed by atoms with Crippen LogP contribution in [0, 0.1) is 13.8 Å². The fourth-order valence-corrected chi connectivity index (χ4v) is 4.41. The number of nitrogens with zero attached hydrogens (tertiary/aromatic N) is 6. The van der Waals surface area contributed by atoms with Crippen LogP contribution in [-0.2, 0) is 22.7 Å². The van der Waals surface area contributed by atoms with Crippen molar-refractivity contribution in [2.24, 2.45) is 20.5 Å². The number of carbonyl (C=O) groups is 2. The number of carbonyl (C=O) groups excluding carboxylic acids is 2. The fraction of sp³-hybridized carbons (Fsp3) is 0.333. The molecule has 0 atom stereocenters. The Labute approximate surface area is 214 Å². The van der Waals surface area contributed by atoms with Crippen molar-refractivity contribution >= 4 is 45.0 Å². The van der Waals surface area contributed by atoms with Gasteiger partial charge in [-0.3, -0.25) is 9.59 Å². The van der Waals surface area contributed by atoms with Crippen molar-refractivity contribution in [2.45, 2.75) is 60.0 Å². The van der Waals surface area contributed by atoms with Gasteiger partial charge in [0.1, 0.15) is 0 Å². The lowest BCUT2D eigenvalue weighted by Crippen LogP contribution is -1.97. The second-order valence-electron chi connectivity index (χ2n) is 8.92. The summed E-state index contributed by atoms with van der Waals surface area (Å²) < 4.78 is 3.41. The van der Waals surface area contributed by atoms with Gasteiger partial charge in [0.15, 0.2) is 11.4 Å². The molecule has 10 nitrogen and oxygen atoms in total. The van der Waals surface area contributed by atoms with Gasteiger partial charge in [0, 0.05) is 36.7 Å². The van der Waals surface area contributed by atoms with Gasteiger partial charge in [-0.15, -0.1) is 20.5 Å². The van der Waals surface area contributed by atoms with Crippen molar-refractivity contribution in [1.29, 1.82) is 0 Å². The van der Waals surface area contributed by atoms with Gasteiger partial charge in [-0.05, 0) is 58.4 Å². The molecule has 2 heterocycles. The van der Waals surface area contributed by atoms with Crippen LogP contribution in [0.4, 0.5) is 11.4 Å². The zero-order chi connectivity index (χ0) is 26.7. The Morgan fingerprint density at radius 3 is 1.51 bits per heavy atom. The number of amides is 2. The van der Waals surface area contributed by atoms with E-state index < -0.39 is 11.8 Å². The molecule has 0 saturated heterocycles. The summed E-state index contributed by atoms with van der Waals surface area (Å²) in [6, 6.07) is 11.5. The molecule has 2 amide bonds. The molecule has 4 aromatic rings. The minimum atomic E-state index is -0.506. The Morgan fingerprint density at radius 1 is 0.730 bits per heavy atom. The van der Waals surface area contributed by atoms with E-state index in [0.717, 1.165) is 32.9 Å². The first-order chi connectivity index (χ1) is 17.7. The van der Waals surface area contributed by atoms with Crippen LogP contribution in [0.2, 0.25) is 0 Å². The van der Waals surface area contributed by atoms with Crippen LogP contribution < -0.4 is 0 Å². The zero-order valence-corrected chi connectivity index (χ0v) is 21.4. The molecule has 192 valence electrons. The fourth-order valence-electron chi connectivity index (χ4n) is 4.41. The Morgan fingerprint density at radius 2 is 1.14 bits per heavy atom. The molecule has 37 heavy (non-hydrogen) atoms. The van der Waals surface area contributed by atoms with E-state index in [2.05, 4.69) is 20.5 Å². The predicted octanol–water partition coefficient (Wildman–Crippen LogP) is 6.75. The number of hydrogen-bond donors (Lipinski definition) is 2. The molecule has 0 aliphatic rings. The monoisotopic (exact) mass is 502 g/mol. The summed E-state index contributed by atoms with van der Waals surface area (Å²) in [6.07, 6.45) is 0.215. The van der Waals surface area contributed by atoms with E-state index in [0.29, 0.717) is 13.1 Å². The summed E-state index contributed by atoms with van der Waals surface area (Å²) in [5, 5.41) is 38.1. The summed E-state index contributed by atoms with van der Waals surface area (Å²) >= 11 is 0. The summed E-state index contributed by atoms with van der Waals surface area (Å²) in [7, 11) is 0. The highest BCUT2D eigenvalue weighted by Crippen LogP contribution is 2.40. The molecule has 2 aromatic heterocycles.